The number of likely N-dealkylation sites (N-methyl/N-ethyl adjacent to an activating group) is 1. The van der Waals surface area contributed by atoms with E-state index in [2.05, 4.69) is 13.8 Å². The molecule has 0 aromatic rings. The van der Waals surface area contributed by atoms with E-state index in [0.717, 1.165) is 38.5 Å². The predicted molar refractivity (Wildman–Crippen MR) is 450 cm³/mol. The van der Waals surface area contributed by atoms with Crippen LogP contribution < -0.4 is 5.11 Å². The number of unbranched alkanes of at least 4 members (excludes halogenated alkanes) is 77. The molecule has 620 valence electrons. The van der Waals surface area contributed by atoms with Crippen molar-refractivity contribution in [1.29, 1.82) is 0 Å². The molecule has 0 spiro atoms. The van der Waals surface area contributed by atoms with Gasteiger partial charge in [-0.25, -0.2) is 0 Å². The van der Waals surface area contributed by atoms with Gasteiger partial charge >= 0.3 is 11.9 Å². The van der Waals surface area contributed by atoms with Crippen LogP contribution in [0, 0.1) is 0 Å². The lowest BCUT2D eigenvalue weighted by atomic mass is 10.0. The van der Waals surface area contributed by atoms with E-state index in [0.29, 0.717) is 17.4 Å². The summed E-state index contributed by atoms with van der Waals surface area (Å²) in [5.74, 6) is -2.23. The maximum atomic E-state index is 13.0. The molecule has 0 aliphatic rings. The number of carbonyl (C=O) groups excluding carboxylic acids is 3. The van der Waals surface area contributed by atoms with Crippen molar-refractivity contribution in [2.24, 2.45) is 0 Å². The molecule has 0 radical (unpaired) electrons. The minimum Gasteiger partial charge on any atom is -0.545 e. The number of hydrogen-bond acceptors (Lipinski definition) is 8. The third kappa shape index (κ3) is 87.5. The van der Waals surface area contributed by atoms with Crippen LogP contribution in [0.5, 0.6) is 0 Å². The summed E-state index contributed by atoms with van der Waals surface area (Å²) in [5.41, 5.74) is 0. The number of quaternary nitrogens is 1. The lowest BCUT2D eigenvalue weighted by Crippen LogP contribution is -2.44. The topological polar surface area (TPSA) is 111 Å². The van der Waals surface area contributed by atoms with Crippen LogP contribution in [0.15, 0.2) is 0 Å². The third-order valence-corrected chi connectivity index (χ3v) is 22.6. The smallest absolute Gasteiger partial charge is 0.306 e. The first-order chi connectivity index (χ1) is 51.1. The van der Waals surface area contributed by atoms with Crippen molar-refractivity contribution in [2.45, 2.75) is 546 Å². The molecule has 0 aromatic carbocycles. The summed E-state index contributed by atoms with van der Waals surface area (Å²) in [7, 11) is 5.97. The average Bonchev–Trinajstić information content (AvgIpc) is 0.971. The number of rotatable bonds is 92. The first-order valence-corrected chi connectivity index (χ1v) is 47.7. The van der Waals surface area contributed by atoms with Crippen LogP contribution >= 0.6 is 0 Å². The number of carboxylic acids is 1. The minimum atomic E-state index is -1.62. The van der Waals surface area contributed by atoms with Gasteiger partial charge in [-0.1, -0.05) is 508 Å². The van der Waals surface area contributed by atoms with Gasteiger partial charge in [-0.2, -0.15) is 0 Å². The zero-order chi connectivity index (χ0) is 75.3. The lowest BCUT2D eigenvalue weighted by Gasteiger charge is -2.26. The number of nitrogens with zero attached hydrogens (tertiary/aromatic N) is 1. The van der Waals surface area contributed by atoms with E-state index in [1.807, 2.05) is 21.1 Å². The van der Waals surface area contributed by atoms with Crippen molar-refractivity contribution in [2.75, 3.05) is 47.5 Å². The standard InChI is InChI=1S/C95H187NO8/c1-6-8-10-12-14-16-18-20-22-24-26-28-30-32-34-36-38-40-42-44-46-47-48-50-52-54-56-58-60-62-64-66-68-70-72-74-76-78-80-82-84-86-93(98)104-91(90-103-95(94(99)100)101-88-87-96(3,4)5)89-102-92(97)85-83-81-79-77-75-73-71-69-67-65-63-61-59-57-55-53-51-49-45-43-41-39-37-35-33-31-29-27-25-23-21-19-17-15-13-11-9-7-2/h91,95H,6-90H2,1-5H3. The Balaban J connectivity index is 3.84. The molecule has 0 bridgehead atoms. The second kappa shape index (κ2) is 86.9. The molecule has 0 heterocycles. The Labute approximate surface area is 651 Å². The lowest BCUT2D eigenvalue weighted by molar-refractivity contribution is -0.870. The van der Waals surface area contributed by atoms with Crippen LogP contribution in [0.2, 0.25) is 0 Å². The van der Waals surface area contributed by atoms with Crippen molar-refractivity contribution in [1.82, 2.24) is 0 Å². The van der Waals surface area contributed by atoms with Gasteiger partial charge in [0.2, 0.25) is 0 Å². The van der Waals surface area contributed by atoms with Gasteiger partial charge in [0.05, 0.1) is 40.3 Å². The SMILES string of the molecule is CCCCCCCCCCCCCCCCCCCCCCCCCCCCCCCCCCCCCCCCCCCC(=O)OC(COC(=O)CCCCCCCCCCCCCCCCCCCCCCCCCCCCCCCCCCCCCCCC)COC(OCC[N+](C)(C)C)C(=O)[O-]. The monoisotopic (exact) mass is 1470 g/mol. The Hall–Kier alpha value is -1.71. The van der Waals surface area contributed by atoms with Gasteiger partial charge < -0.3 is 33.3 Å². The molecular formula is C95H187NO8. The zero-order valence-corrected chi connectivity index (χ0v) is 71.5. The van der Waals surface area contributed by atoms with Crippen molar-refractivity contribution < 1.29 is 42.9 Å². The molecule has 9 nitrogen and oxygen atoms in total. The van der Waals surface area contributed by atoms with Gasteiger partial charge in [0, 0.05) is 12.8 Å². The first kappa shape index (κ1) is 102. The summed E-state index contributed by atoms with van der Waals surface area (Å²) < 4.78 is 23.0. The number of aliphatic carboxylic acids is 1. The zero-order valence-electron chi connectivity index (χ0n) is 71.5. The molecule has 2 unspecified atom stereocenters. The minimum absolute atomic E-state index is 0.154. The maximum Gasteiger partial charge on any atom is 0.306 e. The highest BCUT2D eigenvalue weighted by Crippen LogP contribution is 2.22. The highest BCUT2D eigenvalue weighted by molar-refractivity contribution is 5.70. The molecule has 0 aliphatic carbocycles. The van der Waals surface area contributed by atoms with Crippen molar-refractivity contribution in [3.05, 3.63) is 0 Å². The molecule has 0 saturated carbocycles. The predicted octanol–water partition coefficient (Wildman–Crippen LogP) is 29.9. The van der Waals surface area contributed by atoms with Crippen LogP contribution in [0.3, 0.4) is 0 Å². The summed E-state index contributed by atoms with van der Waals surface area (Å²) in [4.78, 5) is 37.7. The molecule has 0 aromatic heterocycles. The van der Waals surface area contributed by atoms with Gasteiger partial charge in [-0.15, -0.1) is 0 Å². The second-order valence-electron chi connectivity index (χ2n) is 34.4. The maximum absolute atomic E-state index is 13.0. The molecule has 9 heteroatoms. The normalized spacial score (nSPS) is 12.4. The molecule has 104 heavy (non-hydrogen) atoms. The van der Waals surface area contributed by atoms with Crippen LogP contribution in [0.25, 0.3) is 0 Å². The van der Waals surface area contributed by atoms with Crippen molar-refractivity contribution in [3.63, 3.8) is 0 Å². The third-order valence-electron chi connectivity index (χ3n) is 22.6. The fraction of sp³-hybridized carbons (Fsp3) is 0.968. The number of hydrogen-bond donors (Lipinski definition) is 0. The molecule has 0 fully saturated rings. The van der Waals surface area contributed by atoms with Gasteiger partial charge in [0.25, 0.3) is 0 Å². The summed E-state index contributed by atoms with van der Waals surface area (Å²) in [6, 6.07) is 0. The molecule has 2 atom stereocenters. The van der Waals surface area contributed by atoms with E-state index in [1.54, 1.807) is 0 Å². The van der Waals surface area contributed by atoms with Crippen LogP contribution in [0.4, 0.5) is 0 Å². The first-order valence-electron chi connectivity index (χ1n) is 47.7. The largest absolute Gasteiger partial charge is 0.545 e. The summed E-state index contributed by atoms with van der Waals surface area (Å²) >= 11 is 0. The molecule has 0 saturated heterocycles. The molecular weight excluding hydrogens is 1280 g/mol. The van der Waals surface area contributed by atoms with E-state index < -0.39 is 24.3 Å². The Morgan fingerprint density at radius 3 is 0.615 bits per heavy atom. The molecule has 0 N–H and O–H groups in total. The Morgan fingerprint density at radius 1 is 0.250 bits per heavy atom. The molecule has 0 rings (SSSR count). The van der Waals surface area contributed by atoms with E-state index >= 15 is 0 Å². The summed E-state index contributed by atoms with van der Waals surface area (Å²) in [6.45, 7) is 4.87. The van der Waals surface area contributed by atoms with E-state index in [1.165, 1.54) is 469 Å². The van der Waals surface area contributed by atoms with Crippen LogP contribution in [-0.2, 0) is 33.3 Å². The van der Waals surface area contributed by atoms with E-state index in [4.69, 9.17) is 18.9 Å². The Bertz CT molecular complexity index is 1670. The highest BCUT2D eigenvalue weighted by Gasteiger charge is 2.22. The fourth-order valence-electron chi connectivity index (χ4n) is 15.4. The number of carbonyl (C=O) groups is 3. The number of ether oxygens (including phenoxy) is 4. The molecule has 0 amide bonds. The number of esters is 2. The fourth-order valence-corrected chi connectivity index (χ4v) is 15.4. The molecule has 0 aliphatic heterocycles. The van der Waals surface area contributed by atoms with E-state index in [-0.39, 0.29) is 32.2 Å². The van der Waals surface area contributed by atoms with Gasteiger partial charge in [0.1, 0.15) is 13.2 Å². The van der Waals surface area contributed by atoms with Crippen molar-refractivity contribution >= 4 is 17.9 Å². The van der Waals surface area contributed by atoms with Gasteiger partial charge in [-0.05, 0) is 12.8 Å². The van der Waals surface area contributed by atoms with Crippen LogP contribution in [0.1, 0.15) is 534 Å². The Kier molecular flexibility index (Phi) is 85.4. The van der Waals surface area contributed by atoms with E-state index in [9.17, 15) is 19.5 Å². The Morgan fingerprint density at radius 2 is 0.433 bits per heavy atom. The number of carboxylic acid groups (broad SMARTS) is 1. The second-order valence-corrected chi connectivity index (χ2v) is 34.4. The quantitative estimate of drug-likeness (QED) is 0.0256. The highest BCUT2D eigenvalue weighted by atomic mass is 16.7. The van der Waals surface area contributed by atoms with Gasteiger partial charge in [0.15, 0.2) is 12.4 Å². The summed E-state index contributed by atoms with van der Waals surface area (Å²) in [5, 5.41) is 11.9. The average molecular weight is 1470 g/mol. The van der Waals surface area contributed by atoms with Gasteiger partial charge in [-0.3, -0.25) is 9.59 Å². The van der Waals surface area contributed by atoms with Crippen LogP contribution in [-0.4, -0.2) is 82.3 Å². The van der Waals surface area contributed by atoms with Crippen molar-refractivity contribution in [3.8, 4) is 0 Å². The summed E-state index contributed by atoms with van der Waals surface area (Å²) in [6.07, 6.45) is 107.